The molecule has 0 saturated carbocycles. The molecule has 1 aromatic heterocycles. The van der Waals surface area contributed by atoms with Gasteiger partial charge in [0, 0.05) is 30.4 Å². The summed E-state index contributed by atoms with van der Waals surface area (Å²) in [6.07, 6.45) is 0. The van der Waals surface area contributed by atoms with Crippen LogP contribution in [-0.2, 0) is 16.8 Å². The first-order valence-corrected chi connectivity index (χ1v) is 9.18. The minimum atomic E-state index is -0.0654. The van der Waals surface area contributed by atoms with Crippen LogP contribution < -0.4 is 16.0 Å². The lowest BCUT2D eigenvalue weighted by atomic mass is 9.91. The summed E-state index contributed by atoms with van der Waals surface area (Å²) in [7, 11) is 1.70. The van der Waals surface area contributed by atoms with Crippen molar-refractivity contribution in [1.29, 1.82) is 0 Å². The molecule has 1 amide bonds. The number of carbonyl (C=O) groups is 1. The maximum Gasteiger partial charge on any atom is 0.239 e. The molecule has 0 unspecified atom stereocenters. The molecule has 3 N–H and O–H groups in total. The number of carbonyl (C=O) groups excluding carboxylic acids is 1. The maximum absolute atomic E-state index is 12.0. The Labute approximate surface area is 153 Å². The van der Waals surface area contributed by atoms with Gasteiger partial charge in [-0.05, 0) is 17.0 Å². The van der Waals surface area contributed by atoms with Gasteiger partial charge in [-0.15, -0.1) is 11.3 Å². The molecule has 1 aromatic carbocycles. The molecule has 0 saturated heterocycles. The number of benzene rings is 1. The summed E-state index contributed by atoms with van der Waals surface area (Å²) in [6, 6.07) is 14.1. The number of rotatable bonds is 7. The first kappa shape index (κ1) is 19.0. The summed E-state index contributed by atoms with van der Waals surface area (Å²) in [5.41, 5.74) is 1.08. The Morgan fingerprint density at radius 1 is 1.08 bits per heavy atom. The molecule has 0 radical (unpaired) electrons. The Morgan fingerprint density at radius 3 is 2.48 bits per heavy atom. The first-order chi connectivity index (χ1) is 12.0. The van der Waals surface area contributed by atoms with Crippen molar-refractivity contribution >= 4 is 23.2 Å². The van der Waals surface area contributed by atoms with Gasteiger partial charge in [0.15, 0.2) is 5.96 Å². The number of aliphatic imine (C=N–C) groups is 1. The normalized spacial score (nSPS) is 11.9. The third-order valence-electron chi connectivity index (χ3n) is 3.86. The number of nitrogens with zero attached hydrogens (tertiary/aromatic N) is 1. The van der Waals surface area contributed by atoms with Crippen LogP contribution >= 0.6 is 11.3 Å². The molecule has 2 aromatic rings. The van der Waals surface area contributed by atoms with Gasteiger partial charge in [-0.3, -0.25) is 9.79 Å². The fourth-order valence-electron chi connectivity index (χ4n) is 2.30. The standard InChI is InChI=1S/C19H26N4OS/c1-19(2,16-10-7-11-25-16)14-23-18(20-3)22-13-17(24)21-12-15-8-5-4-6-9-15/h4-11H,12-14H2,1-3H3,(H,21,24)(H2,20,22,23). The van der Waals surface area contributed by atoms with Crippen LogP contribution in [0.1, 0.15) is 24.3 Å². The lowest BCUT2D eigenvalue weighted by Crippen LogP contribution is -2.46. The van der Waals surface area contributed by atoms with Gasteiger partial charge < -0.3 is 16.0 Å². The van der Waals surface area contributed by atoms with Gasteiger partial charge in [0.25, 0.3) is 0 Å². The van der Waals surface area contributed by atoms with E-state index < -0.39 is 0 Å². The summed E-state index contributed by atoms with van der Waals surface area (Å²) in [4.78, 5) is 17.5. The minimum Gasteiger partial charge on any atom is -0.356 e. The number of guanidine groups is 1. The third kappa shape index (κ3) is 6.23. The van der Waals surface area contributed by atoms with Gasteiger partial charge in [0.05, 0.1) is 6.54 Å². The van der Waals surface area contributed by atoms with Crippen LogP contribution in [0.3, 0.4) is 0 Å². The van der Waals surface area contributed by atoms with E-state index in [1.807, 2.05) is 30.3 Å². The van der Waals surface area contributed by atoms with Crippen molar-refractivity contribution in [3.63, 3.8) is 0 Å². The maximum atomic E-state index is 12.0. The van der Waals surface area contributed by atoms with Crippen LogP contribution in [0.15, 0.2) is 52.8 Å². The molecular weight excluding hydrogens is 332 g/mol. The molecule has 2 rings (SSSR count). The monoisotopic (exact) mass is 358 g/mol. The quantitative estimate of drug-likeness (QED) is 0.526. The van der Waals surface area contributed by atoms with Crippen LogP contribution in [0.4, 0.5) is 0 Å². The summed E-state index contributed by atoms with van der Waals surface area (Å²) in [5, 5.41) is 11.3. The highest BCUT2D eigenvalue weighted by Crippen LogP contribution is 2.26. The molecule has 134 valence electrons. The van der Waals surface area contributed by atoms with Gasteiger partial charge in [-0.1, -0.05) is 50.2 Å². The van der Waals surface area contributed by atoms with Crippen LogP contribution in [0.2, 0.25) is 0 Å². The zero-order valence-electron chi connectivity index (χ0n) is 15.0. The Hall–Kier alpha value is -2.34. The molecule has 0 aliphatic rings. The summed E-state index contributed by atoms with van der Waals surface area (Å²) < 4.78 is 0. The number of thiophene rings is 1. The molecule has 0 aliphatic carbocycles. The predicted molar refractivity (Wildman–Crippen MR) is 105 cm³/mol. The van der Waals surface area contributed by atoms with Crippen molar-refractivity contribution in [2.45, 2.75) is 25.8 Å². The lowest BCUT2D eigenvalue weighted by molar-refractivity contribution is -0.120. The topological polar surface area (TPSA) is 65.5 Å². The van der Waals surface area contributed by atoms with Crippen molar-refractivity contribution in [2.24, 2.45) is 4.99 Å². The van der Waals surface area contributed by atoms with Gasteiger partial charge >= 0.3 is 0 Å². The largest absolute Gasteiger partial charge is 0.356 e. The van der Waals surface area contributed by atoms with Crippen LogP contribution in [-0.4, -0.2) is 32.0 Å². The van der Waals surface area contributed by atoms with E-state index in [9.17, 15) is 4.79 Å². The molecule has 0 spiro atoms. The Kier molecular flexibility index (Phi) is 7.01. The highest BCUT2D eigenvalue weighted by atomic mass is 32.1. The second-order valence-electron chi connectivity index (χ2n) is 6.40. The van der Waals surface area contributed by atoms with Crippen LogP contribution in [0.25, 0.3) is 0 Å². The minimum absolute atomic E-state index is 0.00134. The van der Waals surface area contributed by atoms with E-state index in [1.165, 1.54) is 4.88 Å². The highest BCUT2D eigenvalue weighted by molar-refractivity contribution is 7.10. The molecule has 0 bridgehead atoms. The van der Waals surface area contributed by atoms with Crippen molar-refractivity contribution in [2.75, 3.05) is 20.1 Å². The van der Waals surface area contributed by atoms with Crippen molar-refractivity contribution in [1.82, 2.24) is 16.0 Å². The fraction of sp³-hybridized carbons (Fsp3) is 0.368. The van der Waals surface area contributed by atoms with E-state index in [0.29, 0.717) is 12.5 Å². The molecular formula is C19H26N4OS. The van der Waals surface area contributed by atoms with E-state index in [4.69, 9.17) is 0 Å². The van der Waals surface area contributed by atoms with Gasteiger partial charge in [-0.25, -0.2) is 0 Å². The summed E-state index contributed by atoms with van der Waals surface area (Å²) >= 11 is 1.75. The first-order valence-electron chi connectivity index (χ1n) is 8.30. The molecule has 1 heterocycles. The van der Waals surface area contributed by atoms with Crippen molar-refractivity contribution in [3.8, 4) is 0 Å². The van der Waals surface area contributed by atoms with Crippen LogP contribution in [0.5, 0.6) is 0 Å². The van der Waals surface area contributed by atoms with Crippen LogP contribution in [0, 0.1) is 0 Å². The molecule has 5 nitrogen and oxygen atoms in total. The highest BCUT2D eigenvalue weighted by Gasteiger charge is 2.21. The fourth-order valence-corrected chi connectivity index (χ4v) is 3.15. The molecule has 0 fully saturated rings. The van der Waals surface area contributed by atoms with Gasteiger partial charge in [-0.2, -0.15) is 0 Å². The molecule has 0 aliphatic heterocycles. The summed E-state index contributed by atoms with van der Waals surface area (Å²) in [5.74, 6) is 0.559. The van der Waals surface area contributed by atoms with E-state index >= 15 is 0 Å². The van der Waals surface area contributed by atoms with E-state index in [1.54, 1.807) is 18.4 Å². The zero-order valence-corrected chi connectivity index (χ0v) is 15.8. The Bertz CT molecular complexity index is 681. The SMILES string of the molecule is CN=C(NCC(=O)NCc1ccccc1)NCC(C)(C)c1cccs1. The summed E-state index contributed by atoms with van der Waals surface area (Å²) in [6.45, 7) is 5.82. The molecule has 6 heteroatoms. The molecule has 25 heavy (non-hydrogen) atoms. The van der Waals surface area contributed by atoms with E-state index in [-0.39, 0.29) is 17.9 Å². The average molecular weight is 359 g/mol. The third-order valence-corrected chi connectivity index (χ3v) is 5.09. The second-order valence-corrected chi connectivity index (χ2v) is 7.35. The lowest BCUT2D eigenvalue weighted by Gasteiger charge is -2.25. The number of amides is 1. The molecule has 0 atom stereocenters. The van der Waals surface area contributed by atoms with Gasteiger partial charge in [0.1, 0.15) is 0 Å². The number of hydrogen-bond donors (Lipinski definition) is 3. The number of nitrogens with one attached hydrogen (secondary N) is 3. The van der Waals surface area contributed by atoms with Crippen molar-refractivity contribution in [3.05, 3.63) is 58.3 Å². The van der Waals surface area contributed by atoms with E-state index in [0.717, 1.165) is 12.1 Å². The zero-order chi connectivity index (χ0) is 18.1. The Balaban J connectivity index is 1.73. The van der Waals surface area contributed by atoms with E-state index in [2.05, 4.69) is 52.3 Å². The average Bonchev–Trinajstić information content (AvgIpc) is 3.16. The smallest absolute Gasteiger partial charge is 0.239 e. The Morgan fingerprint density at radius 2 is 1.84 bits per heavy atom. The van der Waals surface area contributed by atoms with Crippen molar-refractivity contribution < 1.29 is 4.79 Å². The van der Waals surface area contributed by atoms with Gasteiger partial charge in [0.2, 0.25) is 5.91 Å². The predicted octanol–water partition coefficient (Wildman–Crippen LogP) is 2.51. The number of hydrogen-bond acceptors (Lipinski definition) is 3. The second kappa shape index (κ2) is 9.22.